The number of nitrogens with zero attached hydrogens (tertiary/aromatic N) is 1. The summed E-state index contributed by atoms with van der Waals surface area (Å²) in [6, 6.07) is 2.82. The van der Waals surface area contributed by atoms with Crippen LogP contribution in [0.2, 0.25) is 0 Å². The van der Waals surface area contributed by atoms with Crippen molar-refractivity contribution in [2.24, 2.45) is 0 Å². The van der Waals surface area contributed by atoms with E-state index in [-0.39, 0.29) is 18.8 Å². The predicted octanol–water partition coefficient (Wildman–Crippen LogP) is 2.31. The SMILES string of the molecule is CCOc1cc(/C=C2/NC(=O)N(CC)C2=O)c(Br)cc1OCC(=O)OC. The molecule has 0 radical (unpaired) electrons. The molecule has 0 aliphatic carbocycles. The van der Waals surface area contributed by atoms with Gasteiger partial charge in [0.2, 0.25) is 0 Å². The van der Waals surface area contributed by atoms with E-state index in [1.807, 2.05) is 6.92 Å². The van der Waals surface area contributed by atoms with Gasteiger partial charge in [-0.05, 0) is 37.6 Å². The van der Waals surface area contributed by atoms with Crippen molar-refractivity contribution < 1.29 is 28.6 Å². The van der Waals surface area contributed by atoms with Crippen LogP contribution in [0.15, 0.2) is 22.3 Å². The molecule has 1 aliphatic heterocycles. The van der Waals surface area contributed by atoms with Gasteiger partial charge in [0.05, 0.1) is 13.7 Å². The Morgan fingerprint density at radius 3 is 2.50 bits per heavy atom. The van der Waals surface area contributed by atoms with E-state index < -0.39 is 17.9 Å². The second-order valence-corrected chi connectivity index (χ2v) is 6.01. The zero-order valence-electron chi connectivity index (χ0n) is 14.6. The van der Waals surface area contributed by atoms with Gasteiger partial charge in [0.25, 0.3) is 5.91 Å². The fourth-order valence-corrected chi connectivity index (χ4v) is 2.69. The number of benzene rings is 1. The molecule has 0 bridgehead atoms. The molecule has 26 heavy (non-hydrogen) atoms. The van der Waals surface area contributed by atoms with E-state index in [1.165, 1.54) is 7.11 Å². The van der Waals surface area contributed by atoms with Gasteiger partial charge in [-0.1, -0.05) is 15.9 Å². The number of halogens is 1. The molecule has 0 aromatic heterocycles. The minimum Gasteiger partial charge on any atom is -0.490 e. The molecule has 9 heteroatoms. The topological polar surface area (TPSA) is 94.2 Å². The van der Waals surface area contributed by atoms with E-state index >= 15 is 0 Å². The highest BCUT2D eigenvalue weighted by atomic mass is 79.9. The van der Waals surface area contributed by atoms with Crippen LogP contribution in [0.25, 0.3) is 6.08 Å². The number of likely N-dealkylation sites (N-methyl/N-ethyl adjacent to an activating group) is 1. The number of ether oxygens (including phenoxy) is 3. The molecule has 0 saturated carbocycles. The van der Waals surface area contributed by atoms with Crippen LogP contribution >= 0.6 is 15.9 Å². The molecule has 1 heterocycles. The molecule has 1 saturated heterocycles. The zero-order chi connectivity index (χ0) is 19.3. The first-order valence-electron chi connectivity index (χ1n) is 7.91. The average Bonchev–Trinajstić information content (AvgIpc) is 2.89. The van der Waals surface area contributed by atoms with Crippen LogP contribution < -0.4 is 14.8 Å². The summed E-state index contributed by atoms with van der Waals surface area (Å²) in [7, 11) is 1.27. The minimum absolute atomic E-state index is 0.170. The van der Waals surface area contributed by atoms with Crippen LogP contribution in [0, 0.1) is 0 Å². The van der Waals surface area contributed by atoms with Gasteiger partial charge >= 0.3 is 12.0 Å². The molecule has 3 amide bonds. The number of imide groups is 1. The Bertz CT molecular complexity index is 762. The molecule has 1 aromatic rings. The van der Waals surface area contributed by atoms with Gasteiger partial charge in [-0.15, -0.1) is 0 Å². The molecule has 1 fully saturated rings. The first-order valence-corrected chi connectivity index (χ1v) is 8.71. The van der Waals surface area contributed by atoms with Gasteiger partial charge in [0, 0.05) is 11.0 Å². The lowest BCUT2D eigenvalue weighted by Crippen LogP contribution is -2.30. The summed E-state index contributed by atoms with van der Waals surface area (Å²) in [5.41, 5.74) is 0.781. The average molecular weight is 427 g/mol. The van der Waals surface area contributed by atoms with Gasteiger partial charge < -0.3 is 19.5 Å². The highest BCUT2D eigenvalue weighted by Gasteiger charge is 2.32. The third-order valence-electron chi connectivity index (χ3n) is 3.51. The number of carbonyl (C=O) groups is 3. The maximum atomic E-state index is 12.2. The third-order valence-corrected chi connectivity index (χ3v) is 4.20. The Labute approximate surface area is 159 Å². The van der Waals surface area contributed by atoms with Crippen molar-refractivity contribution in [3.63, 3.8) is 0 Å². The number of urea groups is 1. The molecule has 1 N–H and O–H groups in total. The molecule has 8 nitrogen and oxygen atoms in total. The van der Waals surface area contributed by atoms with Crippen LogP contribution in [0.5, 0.6) is 11.5 Å². The number of hydrogen-bond acceptors (Lipinski definition) is 6. The Kier molecular flexibility index (Phi) is 6.62. The van der Waals surface area contributed by atoms with Crippen molar-refractivity contribution in [3.8, 4) is 11.5 Å². The second-order valence-electron chi connectivity index (χ2n) is 5.16. The molecule has 0 spiro atoms. The van der Waals surface area contributed by atoms with Gasteiger partial charge in [-0.25, -0.2) is 9.59 Å². The van der Waals surface area contributed by atoms with Crippen LogP contribution in [-0.2, 0) is 14.3 Å². The highest BCUT2D eigenvalue weighted by Crippen LogP contribution is 2.35. The van der Waals surface area contributed by atoms with Crippen molar-refractivity contribution in [1.29, 1.82) is 0 Å². The summed E-state index contributed by atoms with van der Waals surface area (Å²) >= 11 is 3.40. The largest absolute Gasteiger partial charge is 0.490 e. The number of methoxy groups -OCH3 is 1. The van der Waals surface area contributed by atoms with Gasteiger partial charge in [0.15, 0.2) is 18.1 Å². The Balaban J connectivity index is 2.34. The van der Waals surface area contributed by atoms with Crippen molar-refractivity contribution in [2.45, 2.75) is 13.8 Å². The number of rotatable bonds is 7. The fraction of sp³-hybridized carbons (Fsp3) is 0.353. The van der Waals surface area contributed by atoms with Gasteiger partial charge in [-0.2, -0.15) is 0 Å². The summed E-state index contributed by atoms with van der Waals surface area (Å²) in [5, 5.41) is 2.54. The first-order chi connectivity index (χ1) is 12.4. The van der Waals surface area contributed by atoms with E-state index in [0.717, 1.165) is 4.90 Å². The molecular weight excluding hydrogens is 408 g/mol. The quantitative estimate of drug-likeness (QED) is 0.408. The summed E-state index contributed by atoms with van der Waals surface area (Å²) in [6.45, 7) is 3.93. The Hall–Kier alpha value is -2.55. The monoisotopic (exact) mass is 426 g/mol. The summed E-state index contributed by atoms with van der Waals surface area (Å²) < 4.78 is 16.1. The molecule has 2 rings (SSSR count). The molecule has 1 aliphatic rings. The summed E-state index contributed by atoms with van der Waals surface area (Å²) in [4.78, 5) is 36.3. The summed E-state index contributed by atoms with van der Waals surface area (Å²) in [5.74, 6) is -0.166. The van der Waals surface area contributed by atoms with Crippen LogP contribution in [-0.4, -0.2) is 49.7 Å². The van der Waals surface area contributed by atoms with Crippen LogP contribution in [0.4, 0.5) is 4.79 Å². The predicted molar refractivity (Wildman–Crippen MR) is 96.7 cm³/mol. The lowest BCUT2D eigenvalue weighted by molar-refractivity contribution is -0.142. The second kappa shape index (κ2) is 8.70. The maximum Gasteiger partial charge on any atom is 0.343 e. The molecular formula is C17H19BrN2O6. The first kappa shape index (κ1) is 19.8. The Morgan fingerprint density at radius 1 is 1.23 bits per heavy atom. The van der Waals surface area contributed by atoms with Gasteiger partial charge in [-0.3, -0.25) is 9.69 Å². The maximum absolute atomic E-state index is 12.2. The number of hydrogen-bond donors (Lipinski definition) is 1. The molecule has 140 valence electrons. The van der Waals surface area contributed by atoms with Crippen molar-refractivity contribution in [3.05, 3.63) is 27.9 Å². The van der Waals surface area contributed by atoms with Crippen molar-refractivity contribution in [2.75, 3.05) is 26.9 Å². The lowest BCUT2D eigenvalue weighted by Gasteiger charge is -2.13. The normalized spacial score (nSPS) is 15.2. The zero-order valence-corrected chi connectivity index (χ0v) is 16.2. The van der Waals surface area contributed by atoms with E-state index in [4.69, 9.17) is 9.47 Å². The molecule has 1 aromatic carbocycles. The smallest absolute Gasteiger partial charge is 0.343 e. The minimum atomic E-state index is -0.520. The summed E-state index contributed by atoms with van der Waals surface area (Å²) in [6.07, 6.45) is 1.55. The molecule has 0 atom stereocenters. The van der Waals surface area contributed by atoms with Crippen LogP contribution in [0.3, 0.4) is 0 Å². The van der Waals surface area contributed by atoms with E-state index in [1.54, 1.807) is 25.1 Å². The lowest BCUT2D eigenvalue weighted by atomic mass is 10.1. The van der Waals surface area contributed by atoms with E-state index in [9.17, 15) is 14.4 Å². The number of esters is 1. The number of nitrogens with one attached hydrogen (secondary N) is 1. The molecule has 0 unspecified atom stereocenters. The fourth-order valence-electron chi connectivity index (χ4n) is 2.25. The third kappa shape index (κ3) is 4.34. The standard InChI is InChI=1S/C17H19BrN2O6/c1-4-20-16(22)12(19-17(20)23)6-10-7-13(25-5-2)14(8-11(10)18)26-9-15(21)24-3/h6-8H,4-5,9H2,1-3H3,(H,19,23)/b12-6+. The van der Waals surface area contributed by atoms with Gasteiger partial charge in [0.1, 0.15) is 5.70 Å². The number of amides is 3. The Morgan fingerprint density at radius 2 is 1.92 bits per heavy atom. The van der Waals surface area contributed by atoms with Crippen LogP contribution in [0.1, 0.15) is 19.4 Å². The van der Waals surface area contributed by atoms with E-state index in [2.05, 4.69) is 26.0 Å². The van der Waals surface area contributed by atoms with E-state index in [0.29, 0.717) is 28.1 Å². The number of carbonyl (C=O) groups excluding carboxylic acids is 3. The van der Waals surface area contributed by atoms with Crippen molar-refractivity contribution >= 4 is 39.9 Å². The highest BCUT2D eigenvalue weighted by molar-refractivity contribution is 9.10. The van der Waals surface area contributed by atoms with Crippen molar-refractivity contribution in [1.82, 2.24) is 10.2 Å².